The number of hydrazine groups is 2. The minimum absolute atomic E-state index is 0.788. The number of hydrogen-bond donors (Lipinski definition) is 2. The first-order valence-electron chi connectivity index (χ1n) is 3.23. The molecule has 0 radical (unpaired) electrons. The SMILES string of the molecule is NN1Cc2ccccc2N1. The van der Waals surface area contributed by atoms with E-state index in [9.17, 15) is 0 Å². The summed E-state index contributed by atoms with van der Waals surface area (Å²) >= 11 is 0. The first kappa shape index (κ1) is 5.70. The largest absolute Gasteiger partial charge is 0.305 e. The third kappa shape index (κ3) is 0.761. The zero-order valence-corrected chi connectivity index (χ0v) is 5.54. The Balaban J connectivity index is 2.42. The molecule has 0 fully saturated rings. The van der Waals surface area contributed by atoms with Crippen LogP contribution in [0.15, 0.2) is 24.3 Å². The lowest BCUT2D eigenvalue weighted by Crippen LogP contribution is -2.30. The lowest BCUT2D eigenvalue weighted by Gasteiger charge is -2.05. The predicted molar refractivity (Wildman–Crippen MR) is 39.8 cm³/mol. The quantitative estimate of drug-likeness (QED) is 0.514. The number of nitrogens with two attached hydrogens (primary N) is 1. The van der Waals surface area contributed by atoms with Crippen LogP contribution < -0.4 is 11.3 Å². The molecule has 3 N–H and O–H groups in total. The molecule has 0 unspecified atom stereocenters. The highest BCUT2D eigenvalue weighted by molar-refractivity contribution is 5.52. The molecule has 52 valence electrons. The molecule has 1 aromatic rings. The average Bonchev–Trinajstić information content (AvgIpc) is 2.27. The van der Waals surface area contributed by atoms with E-state index in [0.717, 1.165) is 12.2 Å². The van der Waals surface area contributed by atoms with E-state index in [0.29, 0.717) is 0 Å². The van der Waals surface area contributed by atoms with E-state index >= 15 is 0 Å². The van der Waals surface area contributed by atoms with Crippen LogP contribution in [0.25, 0.3) is 0 Å². The van der Waals surface area contributed by atoms with Crippen molar-refractivity contribution >= 4 is 5.69 Å². The molecule has 0 aliphatic carbocycles. The molecule has 10 heavy (non-hydrogen) atoms. The van der Waals surface area contributed by atoms with E-state index in [-0.39, 0.29) is 0 Å². The Labute approximate surface area is 59.4 Å². The fraction of sp³-hybridized carbons (Fsp3) is 0.143. The molecule has 0 bridgehead atoms. The summed E-state index contributed by atoms with van der Waals surface area (Å²) in [7, 11) is 0. The number of nitrogens with zero attached hydrogens (tertiary/aromatic N) is 1. The lowest BCUT2D eigenvalue weighted by atomic mass is 10.2. The van der Waals surface area contributed by atoms with Crippen molar-refractivity contribution in [2.45, 2.75) is 6.54 Å². The molecule has 3 heteroatoms. The van der Waals surface area contributed by atoms with Crippen LogP contribution in [0.1, 0.15) is 5.56 Å². The van der Waals surface area contributed by atoms with Gasteiger partial charge in [-0.15, -0.1) is 0 Å². The maximum Gasteiger partial charge on any atom is 0.0606 e. The normalized spacial score (nSPS) is 16.5. The molecular weight excluding hydrogens is 126 g/mol. The van der Waals surface area contributed by atoms with Gasteiger partial charge in [0.05, 0.1) is 12.2 Å². The van der Waals surface area contributed by atoms with Gasteiger partial charge >= 0.3 is 0 Å². The minimum atomic E-state index is 0.788. The second-order valence-electron chi connectivity index (χ2n) is 2.40. The Hall–Kier alpha value is -1.06. The number of fused-ring (bicyclic) bond motifs is 1. The van der Waals surface area contributed by atoms with Gasteiger partial charge in [-0.3, -0.25) is 5.84 Å². The molecule has 0 aromatic heterocycles. The summed E-state index contributed by atoms with van der Waals surface area (Å²) in [6.45, 7) is 0.788. The van der Waals surface area contributed by atoms with E-state index in [4.69, 9.17) is 5.84 Å². The standard InChI is InChI=1S/C7H9N3/c8-10-5-6-3-1-2-4-7(6)9-10/h1-4,9H,5,8H2. The van der Waals surface area contributed by atoms with Crippen LogP contribution >= 0.6 is 0 Å². The van der Waals surface area contributed by atoms with Gasteiger partial charge in [0.25, 0.3) is 0 Å². The van der Waals surface area contributed by atoms with Gasteiger partial charge < -0.3 is 5.43 Å². The van der Waals surface area contributed by atoms with Gasteiger partial charge in [0.2, 0.25) is 0 Å². The first-order chi connectivity index (χ1) is 4.86. The highest BCUT2D eigenvalue weighted by Crippen LogP contribution is 2.21. The number of anilines is 1. The Morgan fingerprint density at radius 3 is 3.00 bits per heavy atom. The Bertz CT molecular complexity index is 221. The van der Waals surface area contributed by atoms with E-state index in [2.05, 4.69) is 11.5 Å². The topological polar surface area (TPSA) is 41.3 Å². The Morgan fingerprint density at radius 2 is 2.20 bits per heavy atom. The summed E-state index contributed by atoms with van der Waals surface area (Å²) in [4.78, 5) is 0. The van der Waals surface area contributed by atoms with Crippen molar-refractivity contribution < 1.29 is 0 Å². The van der Waals surface area contributed by atoms with Crippen molar-refractivity contribution in [1.82, 2.24) is 5.12 Å². The summed E-state index contributed by atoms with van der Waals surface area (Å²) in [5.74, 6) is 5.51. The summed E-state index contributed by atoms with van der Waals surface area (Å²) < 4.78 is 0. The van der Waals surface area contributed by atoms with Gasteiger partial charge in [-0.25, -0.2) is 0 Å². The molecule has 0 saturated carbocycles. The minimum Gasteiger partial charge on any atom is -0.305 e. The zero-order chi connectivity index (χ0) is 6.97. The highest BCUT2D eigenvalue weighted by atomic mass is 15.7. The number of hydrogen-bond acceptors (Lipinski definition) is 3. The maximum absolute atomic E-state index is 5.51. The molecule has 1 aliphatic heterocycles. The third-order valence-electron chi connectivity index (χ3n) is 1.62. The van der Waals surface area contributed by atoms with Gasteiger partial charge in [-0.05, 0) is 11.6 Å². The molecule has 3 nitrogen and oxygen atoms in total. The Kier molecular flexibility index (Phi) is 1.12. The van der Waals surface area contributed by atoms with E-state index in [1.165, 1.54) is 5.56 Å². The van der Waals surface area contributed by atoms with Gasteiger partial charge in [-0.2, -0.15) is 5.12 Å². The van der Waals surface area contributed by atoms with Crippen LogP contribution in [0.2, 0.25) is 0 Å². The smallest absolute Gasteiger partial charge is 0.0606 e. The fourth-order valence-electron chi connectivity index (χ4n) is 1.15. The fourth-order valence-corrected chi connectivity index (χ4v) is 1.15. The molecule has 0 saturated heterocycles. The van der Waals surface area contributed by atoms with Crippen LogP contribution in [0, 0.1) is 0 Å². The molecule has 1 aliphatic rings. The predicted octanol–water partition coefficient (Wildman–Crippen LogP) is 0.703. The second kappa shape index (κ2) is 1.97. The van der Waals surface area contributed by atoms with Crippen molar-refractivity contribution in [3.8, 4) is 0 Å². The number of benzene rings is 1. The number of rotatable bonds is 0. The zero-order valence-electron chi connectivity index (χ0n) is 5.54. The second-order valence-corrected chi connectivity index (χ2v) is 2.40. The van der Waals surface area contributed by atoms with Gasteiger partial charge in [-0.1, -0.05) is 18.2 Å². The highest BCUT2D eigenvalue weighted by Gasteiger charge is 2.12. The maximum atomic E-state index is 5.51. The van der Waals surface area contributed by atoms with Crippen molar-refractivity contribution in [1.29, 1.82) is 0 Å². The molecule has 0 spiro atoms. The van der Waals surface area contributed by atoms with Crippen molar-refractivity contribution in [2.24, 2.45) is 5.84 Å². The number of para-hydroxylation sites is 1. The van der Waals surface area contributed by atoms with Crippen LogP contribution in [0.5, 0.6) is 0 Å². The summed E-state index contributed by atoms with van der Waals surface area (Å²) in [6.07, 6.45) is 0. The van der Waals surface area contributed by atoms with Crippen molar-refractivity contribution in [3.63, 3.8) is 0 Å². The van der Waals surface area contributed by atoms with Crippen LogP contribution in [-0.4, -0.2) is 5.12 Å². The molecule has 0 amide bonds. The molecule has 1 heterocycles. The van der Waals surface area contributed by atoms with Crippen molar-refractivity contribution in [2.75, 3.05) is 5.43 Å². The van der Waals surface area contributed by atoms with Crippen LogP contribution in [0.3, 0.4) is 0 Å². The van der Waals surface area contributed by atoms with E-state index < -0.39 is 0 Å². The van der Waals surface area contributed by atoms with Crippen LogP contribution in [-0.2, 0) is 6.54 Å². The molecule has 0 atom stereocenters. The molecular formula is C7H9N3. The lowest BCUT2D eigenvalue weighted by molar-refractivity contribution is 0.359. The van der Waals surface area contributed by atoms with Gasteiger partial charge in [0, 0.05) is 0 Å². The average molecular weight is 135 g/mol. The van der Waals surface area contributed by atoms with Crippen molar-refractivity contribution in [3.05, 3.63) is 29.8 Å². The number of nitrogens with one attached hydrogen (secondary N) is 1. The summed E-state index contributed by atoms with van der Waals surface area (Å²) in [6, 6.07) is 8.09. The van der Waals surface area contributed by atoms with E-state index in [1.807, 2.05) is 18.2 Å². The summed E-state index contributed by atoms with van der Waals surface area (Å²) in [5.41, 5.74) is 5.38. The van der Waals surface area contributed by atoms with Crippen LogP contribution in [0.4, 0.5) is 5.69 Å². The Morgan fingerprint density at radius 1 is 1.40 bits per heavy atom. The third-order valence-corrected chi connectivity index (χ3v) is 1.62. The first-order valence-corrected chi connectivity index (χ1v) is 3.23. The molecule has 1 aromatic carbocycles. The van der Waals surface area contributed by atoms with Gasteiger partial charge in [0.15, 0.2) is 0 Å². The van der Waals surface area contributed by atoms with Gasteiger partial charge in [0.1, 0.15) is 0 Å². The molecule has 2 rings (SSSR count). The van der Waals surface area contributed by atoms with E-state index in [1.54, 1.807) is 5.12 Å². The monoisotopic (exact) mass is 135 g/mol. The summed E-state index contributed by atoms with van der Waals surface area (Å²) in [5, 5.41) is 1.57.